The molecule has 0 bridgehead atoms. The first kappa shape index (κ1) is 19.9. The average molecular weight is 442 g/mol. The van der Waals surface area contributed by atoms with E-state index in [4.69, 9.17) is 11.6 Å². The summed E-state index contributed by atoms with van der Waals surface area (Å²) in [4.78, 5) is 3.91. The quantitative estimate of drug-likeness (QED) is 0.604. The van der Waals surface area contributed by atoms with Crippen LogP contribution in [0.3, 0.4) is 0 Å². The second-order valence-corrected chi connectivity index (χ2v) is 8.93. The van der Waals surface area contributed by atoms with Crippen molar-refractivity contribution in [3.05, 3.63) is 71.1 Å². The number of rotatable bonds is 3. The summed E-state index contributed by atoms with van der Waals surface area (Å²) in [5, 5.41) is 0.488. The third kappa shape index (κ3) is 3.65. The van der Waals surface area contributed by atoms with E-state index in [-0.39, 0.29) is 18.0 Å². The zero-order valence-corrected chi connectivity index (χ0v) is 16.5. The van der Waals surface area contributed by atoms with Gasteiger partial charge >= 0.3 is 6.18 Å². The molecule has 10 heteroatoms. The van der Waals surface area contributed by atoms with Crippen LogP contribution in [0.1, 0.15) is 11.3 Å². The summed E-state index contributed by atoms with van der Waals surface area (Å²) in [7, 11) is -3.94. The second-order valence-electron chi connectivity index (χ2n) is 6.59. The SMILES string of the molecule is O=S(=O)(c1ccc(C(F)(F)F)cc1)N1CCn2c(cc(Cl)c2-c2cccnc2)C1. The van der Waals surface area contributed by atoms with E-state index in [9.17, 15) is 21.6 Å². The van der Waals surface area contributed by atoms with Crippen LogP contribution in [-0.2, 0) is 29.3 Å². The first-order valence-electron chi connectivity index (χ1n) is 8.63. The molecule has 3 heterocycles. The number of benzene rings is 1. The van der Waals surface area contributed by atoms with Crippen molar-refractivity contribution in [1.29, 1.82) is 0 Å². The maximum Gasteiger partial charge on any atom is 0.416 e. The number of halogens is 4. The molecule has 1 aromatic carbocycles. The first-order chi connectivity index (χ1) is 13.7. The standard InChI is InChI=1S/C19H15ClF3N3O2S/c20-17-10-15-12-25(8-9-26(15)18(17)13-2-1-7-24-11-13)29(27,28)16-5-3-14(4-6-16)19(21,22)23/h1-7,10-11H,8-9,12H2. The molecule has 0 radical (unpaired) electrons. The van der Waals surface area contributed by atoms with Gasteiger partial charge in [0.25, 0.3) is 0 Å². The maximum atomic E-state index is 12.9. The summed E-state index contributed by atoms with van der Waals surface area (Å²) in [6.07, 6.45) is -1.19. The molecule has 4 rings (SSSR count). The van der Waals surface area contributed by atoms with Crippen LogP contribution in [-0.4, -0.2) is 28.8 Å². The minimum atomic E-state index is -4.52. The van der Waals surface area contributed by atoms with Crippen LogP contribution in [0.5, 0.6) is 0 Å². The zero-order valence-electron chi connectivity index (χ0n) is 14.9. The topological polar surface area (TPSA) is 55.2 Å². The Morgan fingerprint density at radius 2 is 1.79 bits per heavy atom. The van der Waals surface area contributed by atoms with E-state index in [1.165, 1.54) is 4.31 Å². The average Bonchev–Trinajstić information content (AvgIpc) is 3.03. The van der Waals surface area contributed by atoms with Gasteiger partial charge in [-0.3, -0.25) is 4.98 Å². The second kappa shape index (κ2) is 7.16. The number of hydrogen-bond donors (Lipinski definition) is 0. The van der Waals surface area contributed by atoms with Gasteiger partial charge in [-0.15, -0.1) is 0 Å². The lowest BCUT2D eigenvalue weighted by Gasteiger charge is -2.29. The van der Waals surface area contributed by atoms with Crippen LogP contribution in [0.4, 0.5) is 13.2 Å². The lowest BCUT2D eigenvalue weighted by atomic mass is 10.2. The van der Waals surface area contributed by atoms with Crippen LogP contribution < -0.4 is 0 Å². The molecule has 0 atom stereocenters. The molecule has 0 fully saturated rings. The highest BCUT2D eigenvalue weighted by Gasteiger charge is 2.33. The highest BCUT2D eigenvalue weighted by atomic mass is 35.5. The predicted octanol–water partition coefficient (Wildman–Crippen LogP) is 4.43. The molecule has 0 aliphatic carbocycles. The normalized spacial score (nSPS) is 15.3. The summed E-state index contributed by atoms with van der Waals surface area (Å²) in [5.41, 5.74) is 1.40. The molecule has 5 nitrogen and oxygen atoms in total. The Balaban J connectivity index is 1.63. The van der Waals surface area contributed by atoms with Gasteiger partial charge in [0.1, 0.15) is 0 Å². The fraction of sp³-hybridized carbons (Fsp3) is 0.211. The van der Waals surface area contributed by atoms with Crippen molar-refractivity contribution in [2.24, 2.45) is 0 Å². The van der Waals surface area contributed by atoms with Gasteiger partial charge in [-0.05, 0) is 42.5 Å². The van der Waals surface area contributed by atoms with Crippen LogP contribution in [0.2, 0.25) is 5.02 Å². The van der Waals surface area contributed by atoms with Crippen molar-refractivity contribution in [1.82, 2.24) is 13.9 Å². The minimum Gasteiger partial charge on any atom is -0.341 e. The van der Waals surface area contributed by atoms with E-state index in [0.29, 0.717) is 17.3 Å². The molecule has 3 aromatic rings. The highest BCUT2D eigenvalue weighted by molar-refractivity contribution is 7.89. The van der Waals surface area contributed by atoms with Gasteiger partial charge in [0, 0.05) is 36.7 Å². The Kier molecular flexibility index (Phi) is 4.92. The molecule has 0 saturated carbocycles. The number of nitrogens with zero attached hydrogens (tertiary/aromatic N) is 3. The Morgan fingerprint density at radius 3 is 2.41 bits per heavy atom. The van der Waals surface area contributed by atoms with Gasteiger partial charge in [-0.2, -0.15) is 17.5 Å². The van der Waals surface area contributed by atoms with Crippen molar-refractivity contribution in [2.45, 2.75) is 24.2 Å². The molecule has 0 unspecified atom stereocenters. The first-order valence-corrected chi connectivity index (χ1v) is 10.5. The smallest absolute Gasteiger partial charge is 0.341 e. The fourth-order valence-electron chi connectivity index (χ4n) is 3.39. The van der Waals surface area contributed by atoms with Crippen LogP contribution in [0, 0.1) is 0 Å². The van der Waals surface area contributed by atoms with E-state index >= 15 is 0 Å². The summed E-state index contributed by atoms with van der Waals surface area (Å²) < 4.78 is 67.2. The van der Waals surface area contributed by atoms with Crippen molar-refractivity contribution >= 4 is 21.6 Å². The summed E-state index contributed by atoms with van der Waals surface area (Å²) in [5.74, 6) is 0. The molecule has 0 saturated heterocycles. The van der Waals surface area contributed by atoms with E-state index < -0.39 is 21.8 Å². The van der Waals surface area contributed by atoms with Crippen LogP contribution in [0.15, 0.2) is 59.8 Å². The molecular weight excluding hydrogens is 427 g/mol. The monoisotopic (exact) mass is 441 g/mol. The number of pyridine rings is 1. The fourth-order valence-corrected chi connectivity index (χ4v) is 5.13. The Labute approximate surface area is 170 Å². The van der Waals surface area contributed by atoms with Crippen molar-refractivity contribution in [3.63, 3.8) is 0 Å². The molecule has 152 valence electrons. The number of sulfonamides is 1. The largest absolute Gasteiger partial charge is 0.416 e. The van der Waals surface area contributed by atoms with Gasteiger partial charge in [0.05, 0.1) is 27.7 Å². The zero-order chi connectivity index (χ0) is 20.8. The third-order valence-electron chi connectivity index (χ3n) is 4.80. The van der Waals surface area contributed by atoms with E-state index in [0.717, 1.165) is 35.5 Å². The van der Waals surface area contributed by atoms with Crippen molar-refractivity contribution < 1.29 is 21.6 Å². The van der Waals surface area contributed by atoms with Gasteiger partial charge < -0.3 is 4.57 Å². The van der Waals surface area contributed by atoms with Gasteiger partial charge in [-0.1, -0.05) is 11.6 Å². The van der Waals surface area contributed by atoms with Crippen LogP contribution >= 0.6 is 11.6 Å². The number of alkyl halides is 3. The van der Waals surface area contributed by atoms with Crippen molar-refractivity contribution in [2.75, 3.05) is 6.54 Å². The highest BCUT2D eigenvalue weighted by Crippen LogP contribution is 2.35. The molecular formula is C19H15ClF3N3O2S. The Hall–Kier alpha value is -2.36. The lowest BCUT2D eigenvalue weighted by Crippen LogP contribution is -2.38. The van der Waals surface area contributed by atoms with Crippen molar-refractivity contribution in [3.8, 4) is 11.3 Å². The molecule has 1 aliphatic rings. The minimum absolute atomic E-state index is 0.0728. The number of aromatic nitrogens is 2. The molecule has 0 spiro atoms. The van der Waals surface area contributed by atoms with Crippen LogP contribution in [0.25, 0.3) is 11.3 Å². The predicted molar refractivity (Wildman–Crippen MR) is 102 cm³/mol. The summed E-state index contributed by atoms with van der Waals surface area (Å²) in [6, 6.07) is 8.88. The molecule has 29 heavy (non-hydrogen) atoms. The lowest BCUT2D eigenvalue weighted by molar-refractivity contribution is -0.137. The molecule has 1 aliphatic heterocycles. The van der Waals surface area contributed by atoms with Gasteiger partial charge in [-0.25, -0.2) is 8.42 Å². The summed E-state index contributed by atoms with van der Waals surface area (Å²) in [6.45, 7) is 0.615. The Bertz CT molecular complexity index is 1140. The molecule has 0 amide bonds. The number of fused-ring (bicyclic) bond motifs is 1. The molecule has 0 N–H and O–H groups in total. The summed E-state index contributed by atoms with van der Waals surface area (Å²) >= 11 is 6.39. The van der Waals surface area contributed by atoms with E-state index in [1.807, 2.05) is 10.6 Å². The maximum absolute atomic E-state index is 12.9. The van der Waals surface area contributed by atoms with Gasteiger partial charge in [0.2, 0.25) is 10.0 Å². The molecule has 2 aromatic heterocycles. The third-order valence-corrected chi connectivity index (χ3v) is 6.95. The van der Waals surface area contributed by atoms with Gasteiger partial charge in [0.15, 0.2) is 0 Å². The number of hydrogen-bond acceptors (Lipinski definition) is 3. The van der Waals surface area contributed by atoms with E-state index in [1.54, 1.807) is 24.5 Å². The van der Waals surface area contributed by atoms with E-state index in [2.05, 4.69) is 4.98 Å². The Morgan fingerprint density at radius 1 is 1.07 bits per heavy atom.